The van der Waals surface area contributed by atoms with Crippen molar-refractivity contribution in [1.82, 2.24) is 10.7 Å². The summed E-state index contributed by atoms with van der Waals surface area (Å²) in [5.41, 5.74) is 4.45. The van der Waals surface area contributed by atoms with E-state index in [2.05, 4.69) is 22.4 Å². The van der Waals surface area contributed by atoms with Crippen LogP contribution in [0.25, 0.3) is 0 Å². The first-order valence-corrected chi connectivity index (χ1v) is 6.02. The van der Waals surface area contributed by atoms with Crippen LogP contribution in [0.3, 0.4) is 0 Å². The fourth-order valence-corrected chi connectivity index (χ4v) is 1.34. The van der Waals surface area contributed by atoms with Crippen molar-refractivity contribution in [3.63, 3.8) is 0 Å². The van der Waals surface area contributed by atoms with Gasteiger partial charge in [-0.2, -0.15) is 5.10 Å². The summed E-state index contributed by atoms with van der Waals surface area (Å²) in [6, 6.07) is 4.93. The summed E-state index contributed by atoms with van der Waals surface area (Å²) in [5, 5.41) is 16.8. The first-order valence-electron chi connectivity index (χ1n) is 5.61. The lowest BCUT2D eigenvalue weighted by Crippen LogP contribution is -2.32. The SMILES string of the molecule is C=C(C)CNC(=S)N/N=C/c1ccc(O)c(OC)c1. The fraction of sp³-hybridized carbons (Fsp3) is 0.231. The van der Waals surface area contributed by atoms with Gasteiger partial charge in [0, 0.05) is 6.54 Å². The van der Waals surface area contributed by atoms with E-state index in [1.807, 2.05) is 6.92 Å². The lowest BCUT2D eigenvalue weighted by Gasteiger charge is -2.06. The standard InChI is InChI=1S/C13H17N3O2S/c1-9(2)7-14-13(19)16-15-8-10-4-5-11(17)12(6-10)18-3/h4-6,8,17H,1,7H2,2-3H3,(H2,14,16,19)/b15-8+. The highest BCUT2D eigenvalue weighted by Gasteiger charge is 2.00. The average molecular weight is 279 g/mol. The molecule has 0 amide bonds. The van der Waals surface area contributed by atoms with Crippen LogP contribution >= 0.6 is 12.2 Å². The number of nitrogens with one attached hydrogen (secondary N) is 2. The Balaban J connectivity index is 2.53. The molecule has 0 saturated heterocycles. The maximum absolute atomic E-state index is 9.45. The van der Waals surface area contributed by atoms with Crippen LogP contribution < -0.4 is 15.5 Å². The van der Waals surface area contributed by atoms with Gasteiger partial charge in [0.15, 0.2) is 16.6 Å². The van der Waals surface area contributed by atoms with Gasteiger partial charge in [0.25, 0.3) is 0 Å². The Hall–Kier alpha value is -2.08. The van der Waals surface area contributed by atoms with Crippen LogP contribution in [-0.2, 0) is 0 Å². The van der Waals surface area contributed by atoms with Gasteiger partial charge in [0.1, 0.15) is 0 Å². The zero-order chi connectivity index (χ0) is 14.3. The molecule has 1 aromatic rings. The van der Waals surface area contributed by atoms with Crippen molar-refractivity contribution >= 4 is 23.5 Å². The van der Waals surface area contributed by atoms with Crippen molar-refractivity contribution in [3.8, 4) is 11.5 Å². The number of phenolic OH excluding ortho intramolecular Hbond substituents is 1. The summed E-state index contributed by atoms with van der Waals surface area (Å²) < 4.78 is 5.00. The minimum atomic E-state index is 0.0891. The lowest BCUT2D eigenvalue weighted by molar-refractivity contribution is 0.373. The predicted molar refractivity (Wildman–Crippen MR) is 80.8 cm³/mol. The smallest absolute Gasteiger partial charge is 0.187 e. The van der Waals surface area contributed by atoms with E-state index in [0.717, 1.165) is 11.1 Å². The normalized spacial score (nSPS) is 10.2. The molecule has 0 unspecified atom stereocenters. The van der Waals surface area contributed by atoms with Crippen LogP contribution in [0.4, 0.5) is 0 Å². The second-order valence-corrected chi connectivity index (χ2v) is 4.35. The minimum Gasteiger partial charge on any atom is -0.504 e. The van der Waals surface area contributed by atoms with Crippen LogP contribution in [0.15, 0.2) is 35.5 Å². The Morgan fingerprint density at radius 1 is 1.58 bits per heavy atom. The zero-order valence-corrected chi connectivity index (χ0v) is 11.8. The Kier molecular flexibility index (Phi) is 5.81. The molecular formula is C13H17N3O2S. The number of nitrogens with zero attached hydrogens (tertiary/aromatic N) is 1. The van der Waals surface area contributed by atoms with Crippen LogP contribution in [0, 0.1) is 0 Å². The van der Waals surface area contributed by atoms with Crippen molar-refractivity contribution < 1.29 is 9.84 Å². The van der Waals surface area contributed by atoms with Gasteiger partial charge in [-0.3, -0.25) is 5.43 Å². The molecule has 19 heavy (non-hydrogen) atoms. The molecule has 0 aliphatic rings. The van der Waals surface area contributed by atoms with Crippen molar-refractivity contribution in [2.24, 2.45) is 5.10 Å². The van der Waals surface area contributed by atoms with E-state index in [1.165, 1.54) is 13.2 Å². The topological polar surface area (TPSA) is 65.9 Å². The van der Waals surface area contributed by atoms with Gasteiger partial charge in [0.05, 0.1) is 13.3 Å². The molecule has 0 spiro atoms. The predicted octanol–water partition coefficient (Wildman–Crippen LogP) is 1.77. The van der Waals surface area contributed by atoms with Gasteiger partial charge >= 0.3 is 0 Å². The molecule has 0 heterocycles. The lowest BCUT2D eigenvalue weighted by atomic mass is 10.2. The fourth-order valence-electron chi connectivity index (χ4n) is 1.21. The highest BCUT2D eigenvalue weighted by Crippen LogP contribution is 2.25. The first-order chi connectivity index (χ1) is 9.02. The quantitative estimate of drug-likeness (QED) is 0.332. The van der Waals surface area contributed by atoms with Crippen molar-refractivity contribution in [3.05, 3.63) is 35.9 Å². The van der Waals surface area contributed by atoms with Gasteiger partial charge < -0.3 is 15.2 Å². The maximum atomic E-state index is 9.45. The summed E-state index contributed by atoms with van der Waals surface area (Å²) in [6.45, 7) is 6.27. The monoisotopic (exact) mass is 279 g/mol. The highest BCUT2D eigenvalue weighted by atomic mass is 32.1. The number of rotatable bonds is 5. The van der Waals surface area contributed by atoms with E-state index in [-0.39, 0.29) is 5.75 Å². The Labute approximate surface area is 118 Å². The van der Waals surface area contributed by atoms with Crippen LogP contribution in [0.5, 0.6) is 11.5 Å². The summed E-state index contributed by atoms with van der Waals surface area (Å²) in [5.74, 6) is 0.484. The van der Waals surface area contributed by atoms with Crippen molar-refractivity contribution in [2.45, 2.75) is 6.92 Å². The van der Waals surface area contributed by atoms with Crippen LogP contribution in [0.2, 0.25) is 0 Å². The maximum Gasteiger partial charge on any atom is 0.187 e. The molecule has 0 radical (unpaired) electrons. The molecule has 0 fully saturated rings. The molecule has 1 rings (SSSR count). The molecular weight excluding hydrogens is 262 g/mol. The molecule has 0 bridgehead atoms. The molecule has 0 aliphatic carbocycles. The number of phenols is 1. The summed E-state index contributed by atoms with van der Waals surface area (Å²) >= 11 is 5.02. The van der Waals surface area contributed by atoms with E-state index >= 15 is 0 Å². The third-order valence-corrected chi connectivity index (χ3v) is 2.37. The van der Waals surface area contributed by atoms with Crippen molar-refractivity contribution in [1.29, 1.82) is 0 Å². The molecule has 0 saturated carbocycles. The Bertz CT molecular complexity index is 501. The molecule has 0 atom stereocenters. The number of benzene rings is 1. The van der Waals surface area contributed by atoms with Gasteiger partial charge in [-0.05, 0) is 42.9 Å². The van der Waals surface area contributed by atoms with E-state index in [4.69, 9.17) is 17.0 Å². The summed E-state index contributed by atoms with van der Waals surface area (Å²) in [7, 11) is 1.49. The largest absolute Gasteiger partial charge is 0.504 e. The van der Waals surface area contributed by atoms with Gasteiger partial charge in [-0.1, -0.05) is 12.2 Å². The number of thiocarbonyl (C=S) groups is 1. The minimum absolute atomic E-state index is 0.0891. The highest BCUT2D eigenvalue weighted by molar-refractivity contribution is 7.80. The number of ether oxygens (including phenoxy) is 1. The van der Waals surface area contributed by atoms with Crippen molar-refractivity contribution in [2.75, 3.05) is 13.7 Å². The number of hydrogen-bond donors (Lipinski definition) is 3. The first kappa shape index (κ1) is 15.0. The Morgan fingerprint density at radius 3 is 2.95 bits per heavy atom. The van der Waals surface area contributed by atoms with Gasteiger partial charge in [-0.15, -0.1) is 0 Å². The summed E-state index contributed by atoms with van der Waals surface area (Å²) in [4.78, 5) is 0. The molecule has 5 nitrogen and oxygen atoms in total. The van der Waals surface area contributed by atoms with Gasteiger partial charge in [0.2, 0.25) is 0 Å². The molecule has 3 N–H and O–H groups in total. The molecule has 0 aliphatic heterocycles. The number of methoxy groups -OCH3 is 1. The summed E-state index contributed by atoms with van der Waals surface area (Å²) in [6.07, 6.45) is 1.58. The van der Waals surface area contributed by atoms with E-state index in [0.29, 0.717) is 17.4 Å². The van der Waals surface area contributed by atoms with E-state index in [1.54, 1.807) is 18.3 Å². The molecule has 1 aromatic carbocycles. The number of hydrogen-bond acceptors (Lipinski definition) is 4. The van der Waals surface area contributed by atoms with Gasteiger partial charge in [-0.25, -0.2) is 0 Å². The third-order valence-electron chi connectivity index (χ3n) is 2.13. The zero-order valence-electron chi connectivity index (χ0n) is 10.9. The molecule has 0 aromatic heterocycles. The van der Waals surface area contributed by atoms with E-state index < -0.39 is 0 Å². The van der Waals surface area contributed by atoms with Crippen LogP contribution in [0.1, 0.15) is 12.5 Å². The Morgan fingerprint density at radius 2 is 2.32 bits per heavy atom. The number of hydrazone groups is 1. The molecule has 102 valence electrons. The van der Waals surface area contributed by atoms with E-state index in [9.17, 15) is 5.11 Å². The second kappa shape index (κ2) is 7.38. The average Bonchev–Trinajstić information content (AvgIpc) is 2.38. The van der Waals surface area contributed by atoms with Crippen LogP contribution in [-0.4, -0.2) is 30.1 Å². The third kappa shape index (κ3) is 5.39. The molecule has 6 heteroatoms. The second-order valence-electron chi connectivity index (χ2n) is 3.94. The number of aromatic hydroxyl groups is 1.